The molecule has 0 aliphatic carbocycles. The molecule has 0 saturated carbocycles. The van der Waals surface area contributed by atoms with Crippen molar-refractivity contribution in [1.29, 1.82) is 0 Å². The lowest BCUT2D eigenvalue weighted by molar-refractivity contribution is -0.117. The molecule has 1 aliphatic heterocycles. The summed E-state index contributed by atoms with van der Waals surface area (Å²) in [5, 5.41) is 3.36. The van der Waals surface area contributed by atoms with E-state index in [1.165, 1.54) is 0 Å². The van der Waals surface area contributed by atoms with Gasteiger partial charge in [0.2, 0.25) is 5.91 Å². The predicted molar refractivity (Wildman–Crippen MR) is 85.6 cm³/mol. The number of nitrogen functional groups attached to an aromatic ring is 1. The fraction of sp³-hybridized carbons (Fsp3) is 0.533. The minimum Gasteiger partial charge on any atom is -0.397 e. The maximum absolute atomic E-state index is 12.0. The van der Waals surface area contributed by atoms with Crippen molar-refractivity contribution in [2.75, 3.05) is 30.7 Å². The van der Waals surface area contributed by atoms with Crippen LogP contribution >= 0.6 is 11.6 Å². The molecule has 1 fully saturated rings. The highest BCUT2D eigenvalue weighted by atomic mass is 35.5. The van der Waals surface area contributed by atoms with Gasteiger partial charge < -0.3 is 15.8 Å². The molecule has 0 unspecified atom stereocenters. The van der Waals surface area contributed by atoms with Gasteiger partial charge in [-0.2, -0.15) is 0 Å². The fourth-order valence-corrected chi connectivity index (χ4v) is 2.75. The molecule has 3 N–H and O–H groups in total. The first-order valence-electron chi connectivity index (χ1n) is 7.16. The Hall–Kier alpha value is -1.30. The van der Waals surface area contributed by atoms with Crippen molar-refractivity contribution in [2.24, 2.45) is 0 Å². The smallest absolute Gasteiger partial charge is 0.225 e. The van der Waals surface area contributed by atoms with Crippen molar-refractivity contribution in [3.63, 3.8) is 0 Å². The van der Waals surface area contributed by atoms with Gasteiger partial charge in [-0.25, -0.2) is 0 Å². The summed E-state index contributed by atoms with van der Waals surface area (Å²) in [6.45, 7) is 6.53. The number of carbonyl (C=O) groups excluding carboxylic acids is 1. The number of ether oxygens (including phenoxy) is 1. The Morgan fingerprint density at radius 1 is 1.43 bits per heavy atom. The molecule has 2 atom stereocenters. The number of rotatable bonds is 4. The molecule has 5 nitrogen and oxygen atoms in total. The van der Waals surface area contributed by atoms with Crippen LogP contribution < -0.4 is 11.1 Å². The number of hydrogen-bond donors (Lipinski definition) is 2. The van der Waals surface area contributed by atoms with Crippen LogP contribution in [-0.4, -0.2) is 42.6 Å². The Kier molecular flexibility index (Phi) is 5.45. The summed E-state index contributed by atoms with van der Waals surface area (Å²) in [6.07, 6.45) is 0.839. The van der Waals surface area contributed by atoms with Gasteiger partial charge in [-0.1, -0.05) is 11.6 Å². The van der Waals surface area contributed by atoms with E-state index in [1.807, 2.05) is 0 Å². The van der Waals surface area contributed by atoms with Gasteiger partial charge >= 0.3 is 0 Å². The molecule has 116 valence electrons. The van der Waals surface area contributed by atoms with Crippen molar-refractivity contribution in [3.8, 4) is 0 Å². The number of hydrogen-bond acceptors (Lipinski definition) is 4. The second-order valence-corrected chi connectivity index (χ2v) is 5.98. The van der Waals surface area contributed by atoms with E-state index in [0.717, 1.165) is 13.1 Å². The summed E-state index contributed by atoms with van der Waals surface area (Å²) in [6, 6.07) is 5.04. The third kappa shape index (κ3) is 4.88. The minimum atomic E-state index is -0.0595. The first-order chi connectivity index (χ1) is 9.94. The van der Waals surface area contributed by atoms with Crippen LogP contribution in [0.25, 0.3) is 0 Å². The Morgan fingerprint density at radius 3 is 2.76 bits per heavy atom. The summed E-state index contributed by atoms with van der Waals surface area (Å²) in [7, 11) is 0. The Morgan fingerprint density at radius 2 is 2.10 bits per heavy atom. The largest absolute Gasteiger partial charge is 0.397 e. The van der Waals surface area contributed by atoms with Crippen molar-refractivity contribution in [1.82, 2.24) is 4.90 Å². The van der Waals surface area contributed by atoms with Gasteiger partial charge in [0.1, 0.15) is 0 Å². The number of halogens is 1. The van der Waals surface area contributed by atoms with E-state index >= 15 is 0 Å². The van der Waals surface area contributed by atoms with Gasteiger partial charge in [-0.15, -0.1) is 0 Å². The number of nitrogens with two attached hydrogens (primary N) is 1. The highest BCUT2D eigenvalue weighted by molar-refractivity contribution is 6.31. The van der Waals surface area contributed by atoms with Crippen molar-refractivity contribution >= 4 is 28.9 Å². The van der Waals surface area contributed by atoms with Gasteiger partial charge in [0.05, 0.1) is 23.6 Å². The molecule has 1 aromatic rings. The molecule has 1 saturated heterocycles. The molecule has 1 heterocycles. The van der Waals surface area contributed by atoms with Gasteiger partial charge in [-0.3, -0.25) is 9.69 Å². The van der Waals surface area contributed by atoms with Crippen molar-refractivity contribution in [2.45, 2.75) is 32.5 Å². The lowest BCUT2D eigenvalue weighted by atomic mass is 10.2. The van der Waals surface area contributed by atoms with Crippen LogP contribution in [0.5, 0.6) is 0 Å². The SMILES string of the molecule is C[C@@H]1CN(CCC(=O)Nc2cc(Cl)ccc2N)C[C@H](C)O1. The minimum absolute atomic E-state index is 0.0595. The van der Waals surface area contributed by atoms with Crippen LogP contribution in [0.4, 0.5) is 11.4 Å². The zero-order valence-electron chi connectivity index (χ0n) is 12.4. The van der Waals surface area contributed by atoms with E-state index in [9.17, 15) is 4.79 Å². The summed E-state index contributed by atoms with van der Waals surface area (Å²) in [5.41, 5.74) is 6.89. The first-order valence-corrected chi connectivity index (χ1v) is 7.54. The molecule has 6 heteroatoms. The first kappa shape index (κ1) is 16.1. The Labute approximate surface area is 130 Å². The summed E-state index contributed by atoms with van der Waals surface area (Å²) >= 11 is 5.90. The molecule has 1 aromatic carbocycles. The van der Waals surface area contributed by atoms with Crippen LogP contribution in [0.1, 0.15) is 20.3 Å². The van der Waals surface area contributed by atoms with E-state index in [1.54, 1.807) is 18.2 Å². The number of carbonyl (C=O) groups is 1. The van der Waals surface area contributed by atoms with Gasteiger partial charge in [-0.05, 0) is 32.0 Å². The van der Waals surface area contributed by atoms with Crippen LogP contribution in [0.2, 0.25) is 5.02 Å². The number of benzene rings is 1. The van der Waals surface area contributed by atoms with E-state index < -0.39 is 0 Å². The van der Waals surface area contributed by atoms with Gasteiger partial charge in [0, 0.05) is 31.1 Å². The number of nitrogens with one attached hydrogen (secondary N) is 1. The van der Waals surface area contributed by atoms with Crippen molar-refractivity contribution in [3.05, 3.63) is 23.2 Å². The van der Waals surface area contributed by atoms with E-state index in [2.05, 4.69) is 24.1 Å². The normalized spacial score (nSPS) is 23.0. The van der Waals surface area contributed by atoms with Gasteiger partial charge in [0.25, 0.3) is 0 Å². The molecule has 0 aromatic heterocycles. The van der Waals surface area contributed by atoms with Crippen LogP contribution in [0.15, 0.2) is 18.2 Å². The summed E-state index contributed by atoms with van der Waals surface area (Å²) < 4.78 is 5.67. The predicted octanol–water partition coefficient (Wildman–Crippen LogP) is 2.36. The second kappa shape index (κ2) is 7.11. The van der Waals surface area contributed by atoms with E-state index in [-0.39, 0.29) is 18.1 Å². The Bertz CT molecular complexity index is 500. The zero-order chi connectivity index (χ0) is 15.4. The molecule has 1 amide bonds. The van der Waals surface area contributed by atoms with Crippen molar-refractivity contribution < 1.29 is 9.53 Å². The lowest BCUT2D eigenvalue weighted by Crippen LogP contribution is -2.46. The lowest BCUT2D eigenvalue weighted by Gasteiger charge is -2.35. The standard InChI is InChI=1S/C15H22ClN3O2/c1-10-8-19(9-11(2)21-10)6-5-15(20)18-14-7-12(16)3-4-13(14)17/h3-4,7,10-11H,5-6,8-9,17H2,1-2H3,(H,18,20)/t10-,11+. The highest BCUT2D eigenvalue weighted by Gasteiger charge is 2.22. The number of morpholine rings is 1. The zero-order valence-corrected chi connectivity index (χ0v) is 13.2. The molecule has 0 spiro atoms. The van der Waals surface area contributed by atoms with Gasteiger partial charge in [0.15, 0.2) is 0 Å². The molecule has 21 heavy (non-hydrogen) atoms. The third-order valence-electron chi connectivity index (χ3n) is 3.44. The number of amides is 1. The molecule has 1 aliphatic rings. The summed E-state index contributed by atoms with van der Waals surface area (Å²) in [5.74, 6) is -0.0595. The average molecular weight is 312 g/mol. The molecular weight excluding hydrogens is 290 g/mol. The molecule has 0 radical (unpaired) electrons. The van der Waals surface area contributed by atoms with Crippen LogP contribution in [0.3, 0.4) is 0 Å². The fourth-order valence-electron chi connectivity index (χ4n) is 2.58. The van der Waals surface area contributed by atoms with E-state index in [4.69, 9.17) is 22.1 Å². The monoisotopic (exact) mass is 311 g/mol. The quantitative estimate of drug-likeness (QED) is 0.838. The highest BCUT2D eigenvalue weighted by Crippen LogP contribution is 2.23. The van der Waals surface area contributed by atoms with Crippen LogP contribution in [0, 0.1) is 0 Å². The average Bonchev–Trinajstić information content (AvgIpc) is 2.40. The summed E-state index contributed by atoms with van der Waals surface area (Å²) in [4.78, 5) is 14.3. The maximum Gasteiger partial charge on any atom is 0.225 e. The molecule has 2 rings (SSSR count). The molecular formula is C15H22ClN3O2. The Balaban J connectivity index is 1.83. The maximum atomic E-state index is 12.0. The van der Waals surface area contributed by atoms with E-state index in [0.29, 0.717) is 29.4 Å². The third-order valence-corrected chi connectivity index (χ3v) is 3.67. The number of anilines is 2. The number of nitrogens with zero attached hydrogens (tertiary/aromatic N) is 1. The van der Waals surface area contributed by atoms with Crippen LogP contribution in [-0.2, 0) is 9.53 Å². The molecule has 0 bridgehead atoms. The topological polar surface area (TPSA) is 67.6 Å². The second-order valence-electron chi connectivity index (χ2n) is 5.55.